The highest BCUT2D eigenvalue weighted by atomic mass is 32.2. The summed E-state index contributed by atoms with van der Waals surface area (Å²) in [5.41, 5.74) is 7.54. The fraction of sp³-hybridized carbons (Fsp3) is 0.333. The van der Waals surface area contributed by atoms with Gasteiger partial charge in [-0.2, -0.15) is 5.10 Å². The van der Waals surface area contributed by atoms with Crippen molar-refractivity contribution in [2.45, 2.75) is 31.7 Å². The number of anilines is 2. The van der Waals surface area contributed by atoms with E-state index in [4.69, 9.17) is 5.73 Å². The van der Waals surface area contributed by atoms with Gasteiger partial charge in [0.15, 0.2) is 0 Å². The molecule has 21 heavy (non-hydrogen) atoms. The average molecular weight is 304 g/mol. The van der Waals surface area contributed by atoms with Gasteiger partial charge in [-0.1, -0.05) is 0 Å². The molecule has 1 aromatic heterocycles. The number of aryl methyl sites for hydroxylation is 1. The number of aromatic nitrogens is 2. The Morgan fingerprint density at radius 2 is 2.19 bits per heavy atom. The molecule has 0 saturated carbocycles. The van der Waals surface area contributed by atoms with E-state index in [0.717, 1.165) is 22.0 Å². The zero-order valence-electron chi connectivity index (χ0n) is 12.5. The summed E-state index contributed by atoms with van der Waals surface area (Å²) in [6, 6.07) is 7.72. The molecule has 0 aliphatic heterocycles. The molecule has 1 amide bonds. The standard InChI is InChI=1S/C15H20N4OS/c1-10(2)19-14(6-7-17-19)18-15(20)9-21-13-5-4-12(16)8-11(13)3/h4-8,10H,9,16H2,1-3H3,(H,18,20). The predicted molar refractivity (Wildman–Crippen MR) is 87.6 cm³/mol. The molecular weight excluding hydrogens is 284 g/mol. The Hall–Kier alpha value is -1.95. The van der Waals surface area contributed by atoms with Crippen LogP contribution >= 0.6 is 11.8 Å². The lowest BCUT2D eigenvalue weighted by Gasteiger charge is -2.12. The van der Waals surface area contributed by atoms with Crippen LogP contribution in [0.3, 0.4) is 0 Å². The van der Waals surface area contributed by atoms with Crippen LogP contribution in [0.25, 0.3) is 0 Å². The number of hydrogen-bond acceptors (Lipinski definition) is 4. The maximum absolute atomic E-state index is 12.0. The van der Waals surface area contributed by atoms with Crippen molar-refractivity contribution >= 4 is 29.2 Å². The van der Waals surface area contributed by atoms with Gasteiger partial charge < -0.3 is 11.1 Å². The Balaban J connectivity index is 1.94. The minimum absolute atomic E-state index is 0.0429. The Labute approximate surface area is 128 Å². The highest BCUT2D eigenvalue weighted by molar-refractivity contribution is 8.00. The first-order chi connectivity index (χ1) is 9.97. The van der Waals surface area contributed by atoms with Gasteiger partial charge in [-0.05, 0) is 44.5 Å². The van der Waals surface area contributed by atoms with E-state index in [1.807, 2.05) is 39.0 Å². The molecule has 0 spiro atoms. The number of carbonyl (C=O) groups excluding carboxylic acids is 1. The first kappa shape index (κ1) is 15.4. The van der Waals surface area contributed by atoms with Gasteiger partial charge >= 0.3 is 0 Å². The van der Waals surface area contributed by atoms with Crippen molar-refractivity contribution in [1.29, 1.82) is 0 Å². The predicted octanol–water partition coefficient (Wildman–Crippen LogP) is 3.09. The quantitative estimate of drug-likeness (QED) is 0.657. The molecule has 2 rings (SSSR count). The SMILES string of the molecule is Cc1cc(N)ccc1SCC(=O)Nc1ccnn1C(C)C. The third-order valence-corrected chi connectivity index (χ3v) is 4.16. The van der Waals surface area contributed by atoms with Crippen LogP contribution in [0, 0.1) is 6.92 Å². The van der Waals surface area contributed by atoms with Crippen LogP contribution in [0.15, 0.2) is 35.4 Å². The molecule has 0 saturated heterocycles. The second-order valence-electron chi connectivity index (χ2n) is 5.12. The van der Waals surface area contributed by atoms with Gasteiger partial charge in [-0.25, -0.2) is 4.68 Å². The number of carbonyl (C=O) groups is 1. The maximum Gasteiger partial charge on any atom is 0.235 e. The molecule has 1 heterocycles. The monoisotopic (exact) mass is 304 g/mol. The van der Waals surface area contributed by atoms with Crippen LogP contribution in [0.2, 0.25) is 0 Å². The molecule has 3 N–H and O–H groups in total. The zero-order chi connectivity index (χ0) is 15.4. The van der Waals surface area contributed by atoms with Crippen LogP contribution in [0.5, 0.6) is 0 Å². The van der Waals surface area contributed by atoms with Gasteiger partial charge in [0, 0.05) is 22.7 Å². The summed E-state index contributed by atoms with van der Waals surface area (Å²) < 4.78 is 1.79. The highest BCUT2D eigenvalue weighted by Crippen LogP contribution is 2.24. The number of hydrogen-bond donors (Lipinski definition) is 2. The molecule has 6 heteroatoms. The van der Waals surface area contributed by atoms with Gasteiger partial charge in [0.25, 0.3) is 0 Å². The Morgan fingerprint density at radius 3 is 2.86 bits per heavy atom. The van der Waals surface area contributed by atoms with Crippen molar-refractivity contribution in [1.82, 2.24) is 9.78 Å². The van der Waals surface area contributed by atoms with Crippen LogP contribution in [0.1, 0.15) is 25.5 Å². The third kappa shape index (κ3) is 4.01. The van der Waals surface area contributed by atoms with Gasteiger partial charge in [0.2, 0.25) is 5.91 Å². The molecule has 112 valence electrons. The number of benzene rings is 1. The first-order valence-corrected chi connectivity index (χ1v) is 7.78. The number of nitrogens with one attached hydrogen (secondary N) is 1. The van der Waals surface area contributed by atoms with Crippen LogP contribution in [-0.4, -0.2) is 21.4 Å². The van der Waals surface area contributed by atoms with Gasteiger partial charge in [-0.15, -0.1) is 11.8 Å². The highest BCUT2D eigenvalue weighted by Gasteiger charge is 2.10. The van der Waals surface area contributed by atoms with E-state index in [0.29, 0.717) is 5.75 Å². The molecular formula is C15H20N4OS. The average Bonchev–Trinajstić information content (AvgIpc) is 2.86. The second-order valence-corrected chi connectivity index (χ2v) is 6.13. The minimum atomic E-state index is -0.0429. The van der Waals surface area contributed by atoms with Crippen molar-refractivity contribution in [2.24, 2.45) is 0 Å². The minimum Gasteiger partial charge on any atom is -0.399 e. The lowest BCUT2D eigenvalue weighted by Crippen LogP contribution is -2.18. The summed E-state index contributed by atoms with van der Waals surface area (Å²) in [6.07, 6.45) is 1.69. The lowest BCUT2D eigenvalue weighted by molar-refractivity contribution is -0.113. The van der Waals surface area contributed by atoms with Gasteiger partial charge in [-0.3, -0.25) is 4.79 Å². The third-order valence-electron chi connectivity index (χ3n) is 2.98. The Morgan fingerprint density at radius 1 is 1.43 bits per heavy atom. The topological polar surface area (TPSA) is 72.9 Å². The van der Waals surface area contributed by atoms with E-state index in [1.54, 1.807) is 16.9 Å². The Kier molecular flexibility index (Phi) is 4.90. The van der Waals surface area contributed by atoms with Crippen molar-refractivity contribution in [3.63, 3.8) is 0 Å². The number of rotatable bonds is 5. The summed E-state index contributed by atoms with van der Waals surface area (Å²) in [5, 5.41) is 7.08. The summed E-state index contributed by atoms with van der Waals surface area (Å²) in [6.45, 7) is 6.04. The van der Waals surface area contributed by atoms with Crippen molar-refractivity contribution < 1.29 is 4.79 Å². The molecule has 0 unspecified atom stereocenters. The molecule has 0 aliphatic carbocycles. The number of nitrogen functional groups attached to an aromatic ring is 1. The van der Waals surface area contributed by atoms with Crippen molar-refractivity contribution in [2.75, 3.05) is 16.8 Å². The molecule has 0 radical (unpaired) electrons. The zero-order valence-corrected chi connectivity index (χ0v) is 13.3. The van der Waals surface area contributed by atoms with Crippen LogP contribution < -0.4 is 11.1 Å². The largest absolute Gasteiger partial charge is 0.399 e. The molecule has 0 aliphatic rings. The van der Waals surface area contributed by atoms with Crippen molar-refractivity contribution in [3.05, 3.63) is 36.0 Å². The van der Waals surface area contributed by atoms with Crippen LogP contribution in [-0.2, 0) is 4.79 Å². The fourth-order valence-electron chi connectivity index (χ4n) is 1.98. The molecule has 0 bridgehead atoms. The van der Waals surface area contributed by atoms with E-state index in [1.165, 1.54) is 11.8 Å². The number of amides is 1. The van der Waals surface area contributed by atoms with E-state index in [9.17, 15) is 4.79 Å². The number of nitrogens with zero attached hydrogens (tertiary/aromatic N) is 2. The molecule has 5 nitrogen and oxygen atoms in total. The summed E-state index contributed by atoms with van der Waals surface area (Å²) in [7, 11) is 0. The van der Waals surface area contributed by atoms with Crippen molar-refractivity contribution in [3.8, 4) is 0 Å². The lowest BCUT2D eigenvalue weighted by atomic mass is 10.2. The van der Waals surface area contributed by atoms with E-state index >= 15 is 0 Å². The maximum atomic E-state index is 12.0. The molecule has 2 aromatic rings. The Bertz CT molecular complexity index is 636. The van der Waals surface area contributed by atoms with Gasteiger partial charge in [0.1, 0.15) is 5.82 Å². The smallest absolute Gasteiger partial charge is 0.235 e. The first-order valence-electron chi connectivity index (χ1n) is 6.79. The summed E-state index contributed by atoms with van der Waals surface area (Å²) in [4.78, 5) is 13.1. The summed E-state index contributed by atoms with van der Waals surface area (Å²) in [5.74, 6) is 1.04. The van der Waals surface area contributed by atoms with Gasteiger partial charge in [0.05, 0.1) is 11.9 Å². The van der Waals surface area contributed by atoms with Crippen LogP contribution in [0.4, 0.5) is 11.5 Å². The molecule has 1 aromatic carbocycles. The molecule has 0 fully saturated rings. The van der Waals surface area contributed by atoms with E-state index in [-0.39, 0.29) is 11.9 Å². The summed E-state index contributed by atoms with van der Waals surface area (Å²) >= 11 is 1.50. The number of nitrogens with two attached hydrogens (primary N) is 1. The van der Waals surface area contributed by atoms with E-state index in [2.05, 4.69) is 10.4 Å². The van der Waals surface area contributed by atoms with E-state index < -0.39 is 0 Å². The second kappa shape index (κ2) is 6.67. The molecule has 0 atom stereocenters. The normalized spacial score (nSPS) is 10.9. The number of thioether (sulfide) groups is 1. The fourth-order valence-corrected chi connectivity index (χ4v) is 2.79.